The van der Waals surface area contributed by atoms with Crippen molar-refractivity contribution in [2.24, 2.45) is 5.73 Å². The number of imidazole rings is 1. The fraction of sp³-hybridized carbons (Fsp3) is 0.524. The maximum atomic E-state index is 13.1. The number of aliphatic hydroxyl groups is 4. The number of allylic oxidation sites excluding steroid dienone is 1. The van der Waals surface area contributed by atoms with Crippen LogP contribution in [0.1, 0.15) is 12.6 Å². The summed E-state index contributed by atoms with van der Waals surface area (Å²) in [6.45, 7) is -0.863. The van der Waals surface area contributed by atoms with E-state index in [2.05, 4.69) is 23.8 Å². The number of rotatable bonds is 11. The first-order valence-electron chi connectivity index (χ1n) is 12.7. The monoisotopic (exact) mass is 665 g/mol. The van der Waals surface area contributed by atoms with Crippen molar-refractivity contribution in [3.63, 3.8) is 0 Å². The van der Waals surface area contributed by atoms with Crippen LogP contribution in [-0.4, -0.2) is 112 Å². The summed E-state index contributed by atoms with van der Waals surface area (Å²) >= 11 is 0. The number of aromatic nitrogens is 4. The number of nitrogens with zero attached hydrogens (tertiary/aromatic N) is 5. The number of aliphatic hydroxyl groups excluding tert-OH is 4. The van der Waals surface area contributed by atoms with Crippen molar-refractivity contribution in [3.05, 3.63) is 36.7 Å². The van der Waals surface area contributed by atoms with Crippen LogP contribution in [0.4, 0.5) is 5.82 Å². The standard InChI is InChI=1S/C21H29N7O14P2/c1-37-44(36,41-21-15(32)14(31)20(40-21)28-8-26-11-16(22)24-7-25-18(11)28)42-43(34,35)38-6-10-12(29)13(30)19(39-10)27-4-2-3-9(5-27)17(23)33/h2,4-5,7-8,10,12-15,19-21,29-32H,3,6H2,1H3,(H2,23,33)(H,34,35)(H2,22,24,25)/t10-,12+,13-,14-,15-,19-,20-,21-,44?/m1/s1. The zero-order valence-electron chi connectivity index (χ0n) is 22.6. The Hall–Kier alpha value is -2.88. The second-order valence-corrected chi connectivity index (χ2v) is 13.0. The highest BCUT2D eigenvalue weighted by atomic mass is 31.3. The van der Waals surface area contributed by atoms with Gasteiger partial charge < -0.3 is 51.2 Å². The average molecular weight is 665 g/mol. The number of ether oxygens (including phenoxy) is 2. The number of fused-ring (bicyclic) bond motifs is 1. The number of phosphoric acid groups is 2. The topological polar surface area (TPSA) is 307 Å². The van der Waals surface area contributed by atoms with Gasteiger partial charge in [0.15, 0.2) is 30.2 Å². The van der Waals surface area contributed by atoms with Gasteiger partial charge in [-0.2, -0.15) is 4.31 Å². The molecule has 5 rings (SSSR count). The first-order chi connectivity index (χ1) is 20.7. The molecule has 2 saturated heterocycles. The lowest BCUT2D eigenvalue weighted by atomic mass is 10.1. The van der Waals surface area contributed by atoms with Crippen molar-refractivity contribution in [2.75, 3.05) is 19.5 Å². The van der Waals surface area contributed by atoms with E-state index in [0.29, 0.717) is 0 Å². The number of hydrogen-bond acceptors (Lipinski definition) is 18. The third-order valence-corrected chi connectivity index (χ3v) is 9.80. The number of anilines is 1. The van der Waals surface area contributed by atoms with Gasteiger partial charge in [-0.05, 0) is 6.42 Å². The zero-order chi connectivity index (χ0) is 32.0. The first-order valence-corrected chi connectivity index (χ1v) is 15.6. The van der Waals surface area contributed by atoms with Crippen molar-refractivity contribution < 1.29 is 66.6 Å². The summed E-state index contributed by atoms with van der Waals surface area (Å²) in [6, 6.07) is 0. The van der Waals surface area contributed by atoms with Crippen molar-refractivity contribution in [1.29, 1.82) is 0 Å². The van der Waals surface area contributed by atoms with Gasteiger partial charge in [0.25, 0.3) is 0 Å². The summed E-state index contributed by atoms with van der Waals surface area (Å²) in [5.74, 6) is -0.672. The molecule has 0 saturated carbocycles. The molecule has 2 aromatic rings. The molecule has 44 heavy (non-hydrogen) atoms. The zero-order valence-corrected chi connectivity index (χ0v) is 24.4. The van der Waals surface area contributed by atoms with Crippen molar-refractivity contribution in [2.45, 2.75) is 55.7 Å². The molecule has 9 N–H and O–H groups in total. The predicted octanol–water partition coefficient (Wildman–Crippen LogP) is -2.07. The summed E-state index contributed by atoms with van der Waals surface area (Å²) in [5, 5.41) is 41.9. The molecule has 2 fully saturated rings. The maximum absolute atomic E-state index is 13.1. The van der Waals surface area contributed by atoms with E-state index in [1.165, 1.54) is 28.2 Å². The van der Waals surface area contributed by atoms with Crippen LogP contribution in [0.2, 0.25) is 0 Å². The number of nitrogens with two attached hydrogens (primary N) is 2. The van der Waals surface area contributed by atoms with Gasteiger partial charge in [0.2, 0.25) is 5.91 Å². The Balaban J connectivity index is 1.21. The van der Waals surface area contributed by atoms with Crippen LogP contribution in [0.25, 0.3) is 11.2 Å². The summed E-state index contributed by atoms with van der Waals surface area (Å²) in [6.07, 6.45) is -5.81. The maximum Gasteiger partial charge on any atom is 0.485 e. The summed E-state index contributed by atoms with van der Waals surface area (Å²) in [5.41, 5.74) is 11.5. The number of amides is 1. The van der Waals surface area contributed by atoms with Gasteiger partial charge in [-0.3, -0.25) is 22.9 Å². The Morgan fingerprint density at radius 2 is 1.82 bits per heavy atom. The number of phosphoric ester groups is 2. The predicted molar refractivity (Wildman–Crippen MR) is 142 cm³/mol. The minimum atomic E-state index is -5.33. The van der Waals surface area contributed by atoms with Gasteiger partial charge in [-0.1, -0.05) is 6.08 Å². The van der Waals surface area contributed by atoms with E-state index in [-0.39, 0.29) is 29.0 Å². The number of carbonyl (C=O) groups is 1. The third kappa shape index (κ3) is 6.42. The van der Waals surface area contributed by atoms with Gasteiger partial charge in [0.05, 0.1) is 12.9 Å². The minimum Gasteiger partial charge on any atom is -0.387 e. The van der Waals surface area contributed by atoms with Crippen LogP contribution in [0, 0.1) is 0 Å². The van der Waals surface area contributed by atoms with Crippen LogP contribution in [0.5, 0.6) is 0 Å². The van der Waals surface area contributed by atoms with Gasteiger partial charge in [-0.25, -0.2) is 24.1 Å². The van der Waals surface area contributed by atoms with Gasteiger partial charge in [-0.15, -0.1) is 0 Å². The Bertz CT molecular complexity index is 1560. The van der Waals surface area contributed by atoms with E-state index in [9.17, 15) is 39.2 Å². The molecular formula is C21H29N7O14P2. The fourth-order valence-corrected chi connectivity index (χ4v) is 7.03. The lowest BCUT2D eigenvalue weighted by Gasteiger charge is -2.28. The van der Waals surface area contributed by atoms with Crippen LogP contribution >= 0.6 is 15.6 Å². The Labute approximate surface area is 247 Å². The molecule has 0 aliphatic carbocycles. The van der Waals surface area contributed by atoms with E-state index >= 15 is 0 Å². The molecular weight excluding hydrogens is 636 g/mol. The van der Waals surface area contributed by atoms with E-state index in [0.717, 1.165) is 13.4 Å². The first kappa shape index (κ1) is 32.5. The average Bonchev–Trinajstić information content (AvgIpc) is 3.62. The highest BCUT2D eigenvalue weighted by Crippen LogP contribution is 2.64. The molecule has 0 radical (unpaired) electrons. The quantitative estimate of drug-likeness (QED) is 0.127. The van der Waals surface area contributed by atoms with Gasteiger partial charge in [0.1, 0.15) is 42.4 Å². The van der Waals surface area contributed by atoms with Crippen LogP contribution in [0.3, 0.4) is 0 Å². The summed E-state index contributed by atoms with van der Waals surface area (Å²) < 4.78 is 57.2. The van der Waals surface area contributed by atoms with E-state index in [4.69, 9.17) is 30.0 Å². The molecule has 1 amide bonds. The van der Waals surface area contributed by atoms with Crippen molar-refractivity contribution in [1.82, 2.24) is 24.4 Å². The molecule has 2 unspecified atom stereocenters. The van der Waals surface area contributed by atoms with E-state index < -0.39 is 77.4 Å². The molecule has 23 heteroatoms. The molecule has 242 valence electrons. The number of nitrogen functional groups attached to an aromatic ring is 1. The highest BCUT2D eigenvalue weighted by molar-refractivity contribution is 7.61. The highest BCUT2D eigenvalue weighted by Gasteiger charge is 2.51. The summed E-state index contributed by atoms with van der Waals surface area (Å²) in [4.78, 5) is 34.9. The fourth-order valence-electron chi connectivity index (χ4n) is 4.55. The lowest BCUT2D eigenvalue weighted by molar-refractivity contribution is -0.135. The SMILES string of the molecule is COP(=O)(O[C@H]1O[C@@H](n2cnc3c(N)ncnc32)[C@H](O)[C@H]1O)OP(=O)(O)OC[C@H]1O[C@@H](N2C=CCC(C(N)=O)=C2)[C@H](O)[C@H]1O. The van der Waals surface area contributed by atoms with Crippen LogP contribution in [-0.2, 0) is 41.3 Å². The number of carbonyl (C=O) groups excluding carboxylic acids is 1. The van der Waals surface area contributed by atoms with Crippen LogP contribution < -0.4 is 11.5 Å². The molecule has 0 bridgehead atoms. The largest absolute Gasteiger partial charge is 0.485 e. The Morgan fingerprint density at radius 1 is 1.09 bits per heavy atom. The smallest absolute Gasteiger partial charge is 0.387 e. The second kappa shape index (κ2) is 12.5. The minimum absolute atomic E-state index is 0.0310. The van der Waals surface area contributed by atoms with Gasteiger partial charge in [0, 0.05) is 25.1 Å². The number of primary amides is 1. The second-order valence-electron chi connectivity index (χ2n) is 9.64. The lowest BCUT2D eigenvalue weighted by Crippen LogP contribution is -2.40. The van der Waals surface area contributed by atoms with Crippen molar-refractivity contribution in [3.8, 4) is 0 Å². The van der Waals surface area contributed by atoms with Crippen molar-refractivity contribution >= 4 is 38.5 Å². The molecule has 3 aliphatic heterocycles. The third-order valence-electron chi connectivity index (χ3n) is 6.79. The molecule has 10 atom stereocenters. The molecule has 0 aromatic carbocycles. The normalized spacial score (nSPS) is 33.3. The van der Waals surface area contributed by atoms with E-state index in [1.54, 1.807) is 6.08 Å². The summed E-state index contributed by atoms with van der Waals surface area (Å²) in [7, 11) is -9.59. The van der Waals surface area contributed by atoms with E-state index in [1.807, 2.05) is 0 Å². The van der Waals surface area contributed by atoms with Gasteiger partial charge >= 0.3 is 15.6 Å². The molecule has 5 heterocycles. The molecule has 0 spiro atoms. The Morgan fingerprint density at radius 3 is 2.52 bits per heavy atom. The molecule has 2 aromatic heterocycles. The number of hydrogen-bond donors (Lipinski definition) is 7. The molecule has 21 nitrogen and oxygen atoms in total. The molecule has 3 aliphatic rings. The Kier molecular flexibility index (Phi) is 9.23. The van der Waals surface area contributed by atoms with Crippen LogP contribution in [0.15, 0.2) is 36.7 Å².